The molecule has 0 saturated carbocycles. The van der Waals surface area contributed by atoms with Crippen LogP contribution in [0, 0.1) is 5.92 Å². The molecular formula is C36H50N6O3. The summed E-state index contributed by atoms with van der Waals surface area (Å²) in [6.07, 6.45) is 8.84. The molecule has 3 aliphatic heterocycles. The lowest BCUT2D eigenvalue weighted by Crippen LogP contribution is -2.54. The molecule has 3 aliphatic rings. The number of piperidine rings is 1. The Morgan fingerprint density at radius 3 is 2.16 bits per heavy atom. The normalized spacial score (nSPS) is 20.4. The number of hydrogen-bond acceptors (Lipinski definition) is 9. The van der Waals surface area contributed by atoms with Crippen LogP contribution >= 0.6 is 0 Å². The second-order valence-electron chi connectivity index (χ2n) is 12.9. The predicted molar refractivity (Wildman–Crippen MR) is 182 cm³/mol. The smallest absolute Gasteiger partial charge is 0.169 e. The third kappa shape index (κ3) is 7.15. The van der Waals surface area contributed by atoms with Crippen LogP contribution in [0.1, 0.15) is 65.2 Å². The van der Waals surface area contributed by atoms with E-state index < -0.39 is 0 Å². The van der Waals surface area contributed by atoms with E-state index in [1.165, 1.54) is 11.4 Å². The Bertz CT molecular complexity index is 1370. The summed E-state index contributed by atoms with van der Waals surface area (Å²) in [6.45, 7) is 9.77. The van der Waals surface area contributed by atoms with Gasteiger partial charge in [-0.1, -0.05) is 44.9 Å². The van der Waals surface area contributed by atoms with Crippen LogP contribution in [-0.2, 0) is 9.47 Å². The number of unbranched alkanes of at least 4 members (excludes halogenated alkanes) is 2. The number of para-hydroxylation sites is 1. The summed E-state index contributed by atoms with van der Waals surface area (Å²) in [5.74, 6) is 1.07. The molecule has 45 heavy (non-hydrogen) atoms. The van der Waals surface area contributed by atoms with Gasteiger partial charge < -0.3 is 35.0 Å². The monoisotopic (exact) mass is 614 g/mol. The van der Waals surface area contributed by atoms with Gasteiger partial charge in [-0.15, -0.1) is 10.2 Å². The van der Waals surface area contributed by atoms with Gasteiger partial charge in [-0.05, 0) is 74.9 Å². The van der Waals surface area contributed by atoms with E-state index in [9.17, 15) is 5.11 Å². The number of fused-ring (bicyclic) bond motifs is 2. The Labute approximate surface area is 268 Å². The van der Waals surface area contributed by atoms with Crippen molar-refractivity contribution < 1.29 is 14.6 Å². The lowest BCUT2D eigenvalue weighted by atomic mass is 9.95. The van der Waals surface area contributed by atoms with E-state index >= 15 is 0 Å². The molecule has 9 heteroatoms. The third-order valence-corrected chi connectivity index (χ3v) is 9.78. The summed E-state index contributed by atoms with van der Waals surface area (Å²) in [5, 5.41) is 19.0. The molecule has 242 valence electrons. The number of aromatic nitrogens is 2. The fraction of sp³-hybridized carbons (Fsp3) is 0.556. The van der Waals surface area contributed by atoms with Gasteiger partial charge in [0.05, 0.1) is 11.4 Å². The van der Waals surface area contributed by atoms with Crippen molar-refractivity contribution in [1.82, 2.24) is 10.2 Å². The molecule has 1 aromatic heterocycles. The Kier molecular flexibility index (Phi) is 10.3. The van der Waals surface area contributed by atoms with Gasteiger partial charge in [0.25, 0.3) is 0 Å². The molecule has 0 radical (unpaired) electrons. The number of ether oxygens (including phenoxy) is 2. The highest BCUT2D eigenvalue weighted by Gasteiger charge is 2.41. The van der Waals surface area contributed by atoms with E-state index in [0.717, 1.165) is 96.4 Å². The van der Waals surface area contributed by atoms with Crippen LogP contribution in [0.3, 0.4) is 0 Å². The summed E-state index contributed by atoms with van der Waals surface area (Å²) in [6, 6.07) is 19.2. The summed E-state index contributed by atoms with van der Waals surface area (Å²) >= 11 is 0. The molecule has 0 amide bonds. The quantitative estimate of drug-likeness (QED) is 0.166. The van der Waals surface area contributed by atoms with Gasteiger partial charge in [0, 0.05) is 74.3 Å². The Balaban J connectivity index is 1.11. The van der Waals surface area contributed by atoms with Crippen molar-refractivity contribution in [3.8, 4) is 17.0 Å². The van der Waals surface area contributed by atoms with Crippen LogP contribution in [-0.4, -0.2) is 73.1 Å². The van der Waals surface area contributed by atoms with Crippen molar-refractivity contribution in [3.05, 3.63) is 54.6 Å². The number of aromatic hydroxyl groups is 1. The second kappa shape index (κ2) is 14.7. The van der Waals surface area contributed by atoms with Crippen molar-refractivity contribution >= 4 is 22.9 Å². The average Bonchev–Trinajstić information content (AvgIpc) is 3.34. The summed E-state index contributed by atoms with van der Waals surface area (Å²) < 4.78 is 12.5. The molecule has 3 N–H and O–H groups in total. The molecule has 2 bridgehead atoms. The predicted octanol–water partition coefficient (Wildman–Crippen LogP) is 6.46. The Morgan fingerprint density at radius 2 is 1.49 bits per heavy atom. The molecule has 3 aromatic rings. The molecule has 0 aliphatic carbocycles. The fourth-order valence-electron chi connectivity index (χ4n) is 7.28. The van der Waals surface area contributed by atoms with Crippen molar-refractivity contribution in [3.63, 3.8) is 0 Å². The number of phenols is 1. The second-order valence-corrected chi connectivity index (χ2v) is 12.9. The Hall–Kier alpha value is -3.56. The minimum Gasteiger partial charge on any atom is -0.507 e. The van der Waals surface area contributed by atoms with Crippen LogP contribution in [0.2, 0.25) is 0 Å². The molecule has 2 atom stereocenters. The van der Waals surface area contributed by atoms with Gasteiger partial charge >= 0.3 is 0 Å². The summed E-state index contributed by atoms with van der Waals surface area (Å²) in [5.41, 5.74) is 11.2. The number of hydrogen-bond donors (Lipinski definition) is 2. The van der Waals surface area contributed by atoms with E-state index in [1.807, 2.05) is 24.3 Å². The highest BCUT2D eigenvalue weighted by atomic mass is 16.7. The fourth-order valence-corrected chi connectivity index (χ4v) is 7.28. The molecule has 2 unspecified atom stereocenters. The first kappa shape index (κ1) is 31.4. The lowest BCUT2D eigenvalue weighted by Gasteiger charge is -2.44. The molecule has 0 spiro atoms. The van der Waals surface area contributed by atoms with Crippen LogP contribution in [0.5, 0.6) is 5.75 Å². The van der Waals surface area contributed by atoms with Gasteiger partial charge in [-0.25, -0.2) is 0 Å². The first-order valence-electron chi connectivity index (χ1n) is 17.1. The molecular weight excluding hydrogens is 564 g/mol. The number of nitrogens with two attached hydrogens (primary N) is 1. The largest absolute Gasteiger partial charge is 0.507 e. The highest BCUT2D eigenvalue weighted by Crippen LogP contribution is 2.40. The maximum absolute atomic E-state index is 10.4. The number of anilines is 4. The summed E-state index contributed by atoms with van der Waals surface area (Å²) in [4.78, 5) is 7.54. The average molecular weight is 615 g/mol. The number of piperazine rings is 1. The molecule has 3 fully saturated rings. The van der Waals surface area contributed by atoms with E-state index in [2.05, 4.69) is 63.0 Å². The zero-order valence-corrected chi connectivity index (χ0v) is 27.0. The number of nitrogen functional groups attached to an aromatic ring is 1. The molecule has 9 nitrogen and oxygen atoms in total. The number of nitrogens with zero attached hydrogens (tertiary/aromatic N) is 5. The minimum atomic E-state index is -0.0809. The van der Waals surface area contributed by atoms with Crippen LogP contribution in [0.15, 0.2) is 54.6 Å². The van der Waals surface area contributed by atoms with Crippen molar-refractivity contribution in [1.29, 1.82) is 0 Å². The van der Waals surface area contributed by atoms with Gasteiger partial charge in [-0.3, -0.25) is 0 Å². The van der Waals surface area contributed by atoms with Crippen LogP contribution in [0.25, 0.3) is 11.3 Å². The standard InChI is InChI=1S/C36H50N6O3/c1-3-5-20-44-36(45-21-6-4-2)26-16-18-40(19-17-26)27-10-9-11-28(22-27)42-29-14-15-30(42)25-41(24-29)33-23-32(38-39-35(33)37)31-12-7-8-13-34(31)43/h7-13,22-23,26,29-30,36,43H,3-6,14-21,24-25H2,1-2H3,(H2,37,39). The van der Waals surface area contributed by atoms with Crippen molar-refractivity contribution in [2.75, 3.05) is 59.8 Å². The van der Waals surface area contributed by atoms with Crippen molar-refractivity contribution in [2.45, 2.75) is 83.6 Å². The van der Waals surface area contributed by atoms with Crippen molar-refractivity contribution in [2.24, 2.45) is 5.92 Å². The maximum Gasteiger partial charge on any atom is 0.169 e. The molecule has 4 heterocycles. The first-order chi connectivity index (χ1) is 22.1. The zero-order valence-electron chi connectivity index (χ0n) is 27.0. The van der Waals surface area contributed by atoms with E-state index in [0.29, 0.717) is 35.1 Å². The third-order valence-electron chi connectivity index (χ3n) is 9.78. The topological polar surface area (TPSA) is 100 Å². The van der Waals surface area contributed by atoms with Gasteiger partial charge in [0.2, 0.25) is 0 Å². The van der Waals surface area contributed by atoms with E-state index in [-0.39, 0.29) is 12.0 Å². The zero-order chi connectivity index (χ0) is 31.2. The Morgan fingerprint density at radius 1 is 0.822 bits per heavy atom. The number of phenolic OH excluding ortho intramolecular Hbond substituents is 1. The molecule has 6 rings (SSSR count). The van der Waals surface area contributed by atoms with Gasteiger partial charge in [-0.2, -0.15) is 0 Å². The number of benzene rings is 2. The van der Waals surface area contributed by atoms with Crippen LogP contribution < -0.4 is 20.4 Å². The number of rotatable bonds is 13. The van der Waals surface area contributed by atoms with E-state index in [1.54, 1.807) is 6.07 Å². The van der Waals surface area contributed by atoms with E-state index in [4.69, 9.17) is 15.2 Å². The first-order valence-corrected chi connectivity index (χ1v) is 17.1. The highest BCUT2D eigenvalue weighted by molar-refractivity contribution is 5.74. The lowest BCUT2D eigenvalue weighted by molar-refractivity contribution is -0.177. The molecule has 3 saturated heterocycles. The minimum absolute atomic E-state index is 0.0809. The molecule has 2 aromatic carbocycles. The van der Waals surface area contributed by atoms with Gasteiger partial charge in [0.1, 0.15) is 5.75 Å². The van der Waals surface area contributed by atoms with Gasteiger partial charge in [0.15, 0.2) is 12.1 Å². The summed E-state index contributed by atoms with van der Waals surface area (Å²) in [7, 11) is 0. The maximum atomic E-state index is 10.4. The van der Waals surface area contributed by atoms with Crippen LogP contribution in [0.4, 0.5) is 22.9 Å². The SMILES string of the molecule is CCCCOC(OCCCC)C1CCN(c2cccc(N3C4CCC3CN(c3cc(-c5ccccc5O)nnc3N)C4)c2)CC1.